The molecule has 0 saturated carbocycles. The van der Waals surface area contributed by atoms with Crippen LogP contribution in [0.3, 0.4) is 0 Å². The molecule has 1 aromatic rings. The Morgan fingerprint density at radius 1 is 1.35 bits per heavy atom. The standard InChI is InChI=1S/C14H21BrN2/c1-11(12-5-7-13(15)8-6-12)16-14-4-3-9-17(2)10-14/h5-8,11,14,16H,3-4,9-10H2,1-2H3/t11-,14?/m0/s1. The lowest BCUT2D eigenvalue weighted by Crippen LogP contribution is -2.44. The van der Waals surface area contributed by atoms with Crippen LogP contribution in [0.2, 0.25) is 0 Å². The Balaban J connectivity index is 1.91. The fourth-order valence-corrected chi connectivity index (χ4v) is 2.77. The van der Waals surface area contributed by atoms with E-state index in [9.17, 15) is 0 Å². The van der Waals surface area contributed by atoms with Gasteiger partial charge in [0.05, 0.1) is 0 Å². The molecule has 17 heavy (non-hydrogen) atoms. The lowest BCUT2D eigenvalue weighted by molar-refractivity contribution is 0.218. The molecule has 1 heterocycles. The first kappa shape index (κ1) is 13.1. The molecular formula is C14H21BrN2. The van der Waals surface area contributed by atoms with Gasteiger partial charge in [-0.05, 0) is 51.1 Å². The third-order valence-corrected chi connectivity index (χ3v) is 4.01. The summed E-state index contributed by atoms with van der Waals surface area (Å²) in [6, 6.07) is 9.66. The zero-order chi connectivity index (χ0) is 12.3. The summed E-state index contributed by atoms with van der Waals surface area (Å²) in [5, 5.41) is 3.73. The second-order valence-electron chi connectivity index (χ2n) is 5.04. The van der Waals surface area contributed by atoms with Crippen molar-refractivity contribution in [3.05, 3.63) is 34.3 Å². The maximum atomic E-state index is 3.73. The van der Waals surface area contributed by atoms with Gasteiger partial charge in [0, 0.05) is 23.1 Å². The van der Waals surface area contributed by atoms with Gasteiger partial charge in [0.25, 0.3) is 0 Å². The van der Waals surface area contributed by atoms with E-state index in [1.807, 2.05) is 0 Å². The molecule has 1 fully saturated rings. The molecule has 1 aliphatic rings. The second kappa shape index (κ2) is 5.98. The third kappa shape index (κ3) is 3.80. The van der Waals surface area contributed by atoms with Gasteiger partial charge < -0.3 is 10.2 Å². The number of hydrogen-bond acceptors (Lipinski definition) is 2. The van der Waals surface area contributed by atoms with E-state index in [0.717, 1.165) is 4.47 Å². The maximum Gasteiger partial charge on any atom is 0.0294 e. The summed E-state index contributed by atoms with van der Waals surface area (Å²) in [5.41, 5.74) is 1.36. The van der Waals surface area contributed by atoms with Crippen LogP contribution in [0.15, 0.2) is 28.7 Å². The van der Waals surface area contributed by atoms with Crippen molar-refractivity contribution in [3.8, 4) is 0 Å². The maximum absolute atomic E-state index is 3.73. The highest BCUT2D eigenvalue weighted by Gasteiger charge is 2.18. The quantitative estimate of drug-likeness (QED) is 0.921. The Hall–Kier alpha value is -0.380. The molecule has 1 unspecified atom stereocenters. The van der Waals surface area contributed by atoms with Crippen LogP contribution in [0.25, 0.3) is 0 Å². The minimum absolute atomic E-state index is 0.430. The van der Waals surface area contributed by atoms with Gasteiger partial charge in [-0.3, -0.25) is 0 Å². The number of nitrogens with one attached hydrogen (secondary N) is 1. The topological polar surface area (TPSA) is 15.3 Å². The summed E-state index contributed by atoms with van der Waals surface area (Å²) in [4.78, 5) is 2.41. The van der Waals surface area contributed by atoms with E-state index in [1.165, 1.54) is 31.5 Å². The van der Waals surface area contributed by atoms with Gasteiger partial charge in [-0.25, -0.2) is 0 Å². The van der Waals surface area contributed by atoms with Gasteiger partial charge in [-0.2, -0.15) is 0 Å². The number of rotatable bonds is 3. The molecule has 0 amide bonds. The minimum Gasteiger partial charge on any atom is -0.306 e. The Labute approximate surface area is 113 Å². The van der Waals surface area contributed by atoms with E-state index in [0.29, 0.717) is 12.1 Å². The summed E-state index contributed by atoms with van der Waals surface area (Å²) in [6.07, 6.45) is 2.60. The first-order valence-corrected chi connectivity index (χ1v) is 7.14. The third-order valence-electron chi connectivity index (χ3n) is 3.48. The van der Waals surface area contributed by atoms with Crippen LogP contribution >= 0.6 is 15.9 Å². The molecule has 1 saturated heterocycles. The summed E-state index contributed by atoms with van der Waals surface area (Å²) in [5.74, 6) is 0. The van der Waals surface area contributed by atoms with E-state index < -0.39 is 0 Å². The molecule has 0 bridgehead atoms. The fraction of sp³-hybridized carbons (Fsp3) is 0.571. The van der Waals surface area contributed by atoms with Gasteiger partial charge in [0.15, 0.2) is 0 Å². The Bertz CT molecular complexity index is 350. The average molecular weight is 297 g/mol. The lowest BCUT2D eigenvalue weighted by atomic mass is 10.0. The van der Waals surface area contributed by atoms with E-state index >= 15 is 0 Å². The van der Waals surface area contributed by atoms with Crippen LogP contribution in [-0.4, -0.2) is 31.1 Å². The SMILES string of the molecule is C[C@H](NC1CCCN(C)C1)c1ccc(Br)cc1. The highest BCUT2D eigenvalue weighted by atomic mass is 79.9. The molecule has 3 heteroatoms. The molecule has 2 rings (SSSR count). The predicted molar refractivity (Wildman–Crippen MR) is 76.2 cm³/mol. The zero-order valence-corrected chi connectivity index (χ0v) is 12.2. The monoisotopic (exact) mass is 296 g/mol. The smallest absolute Gasteiger partial charge is 0.0294 e. The van der Waals surface area contributed by atoms with E-state index in [-0.39, 0.29) is 0 Å². The number of piperidine rings is 1. The largest absolute Gasteiger partial charge is 0.306 e. The number of likely N-dealkylation sites (tertiary alicyclic amines) is 1. The molecular weight excluding hydrogens is 276 g/mol. The molecule has 2 atom stereocenters. The van der Waals surface area contributed by atoms with Crippen molar-refractivity contribution in [3.63, 3.8) is 0 Å². The zero-order valence-electron chi connectivity index (χ0n) is 10.6. The molecule has 0 radical (unpaired) electrons. The number of benzene rings is 1. The van der Waals surface area contributed by atoms with Crippen molar-refractivity contribution < 1.29 is 0 Å². The molecule has 1 aliphatic heterocycles. The molecule has 0 spiro atoms. The Morgan fingerprint density at radius 3 is 2.71 bits per heavy atom. The van der Waals surface area contributed by atoms with Gasteiger partial charge >= 0.3 is 0 Å². The molecule has 0 aromatic heterocycles. The van der Waals surface area contributed by atoms with Gasteiger partial charge in [0.2, 0.25) is 0 Å². The number of nitrogens with zero attached hydrogens (tertiary/aromatic N) is 1. The summed E-state index contributed by atoms with van der Waals surface area (Å²) in [6.45, 7) is 4.66. The highest BCUT2D eigenvalue weighted by Crippen LogP contribution is 2.18. The first-order valence-electron chi connectivity index (χ1n) is 6.35. The minimum atomic E-state index is 0.430. The van der Waals surface area contributed by atoms with Gasteiger partial charge in [0.1, 0.15) is 0 Å². The van der Waals surface area contributed by atoms with E-state index in [1.54, 1.807) is 0 Å². The normalized spacial score (nSPS) is 23.6. The van der Waals surface area contributed by atoms with Crippen LogP contribution in [0.1, 0.15) is 31.4 Å². The highest BCUT2D eigenvalue weighted by molar-refractivity contribution is 9.10. The van der Waals surface area contributed by atoms with Crippen LogP contribution < -0.4 is 5.32 Å². The Morgan fingerprint density at radius 2 is 2.06 bits per heavy atom. The fourth-order valence-electron chi connectivity index (χ4n) is 2.50. The van der Waals surface area contributed by atoms with Crippen LogP contribution in [0.4, 0.5) is 0 Å². The summed E-state index contributed by atoms with van der Waals surface area (Å²) in [7, 11) is 2.21. The molecule has 94 valence electrons. The molecule has 0 aliphatic carbocycles. The first-order chi connectivity index (χ1) is 8.15. The van der Waals surface area contributed by atoms with Gasteiger partial charge in [-0.15, -0.1) is 0 Å². The van der Waals surface area contributed by atoms with Crippen molar-refractivity contribution in [2.75, 3.05) is 20.1 Å². The van der Waals surface area contributed by atoms with Crippen LogP contribution in [-0.2, 0) is 0 Å². The van der Waals surface area contributed by atoms with Crippen molar-refractivity contribution in [2.45, 2.75) is 31.8 Å². The number of hydrogen-bond donors (Lipinski definition) is 1. The number of likely N-dealkylation sites (N-methyl/N-ethyl adjacent to an activating group) is 1. The van der Waals surface area contributed by atoms with Crippen molar-refractivity contribution in [1.82, 2.24) is 10.2 Å². The number of halogens is 1. The van der Waals surface area contributed by atoms with Crippen molar-refractivity contribution >= 4 is 15.9 Å². The molecule has 1 N–H and O–H groups in total. The van der Waals surface area contributed by atoms with Crippen LogP contribution in [0.5, 0.6) is 0 Å². The van der Waals surface area contributed by atoms with Crippen molar-refractivity contribution in [1.29, 1.82) is 0 Å². The van der Waals surface area contributed by atoms with E-state index in [4.69, 9.17) is 0 Å². The molecule has 1 aromatic carbocycles. The predicted octanol–water partition coefficient (Wildman–Crippen LogP) is 3.19. The summed E-state index contributed by atoms with van der Waals surface area (Å²) < 4.78 is 1.14. The van der Waals surface area contributed by atoms with Gasteiger partial charge in [-0.1, -0.05) is 28.1 Å². The van der Waals surface area contributed by atoms with Crippen LogP contribution in [0, 0.1) is 0 Å². The van der Waals surface area contributed by atoms with E-state index in [2.05, 4.69) is 64.4 Å². The Kier molecular flexibility index (Phi) is 4.60. The second-order valence-corrected chi connectivity index (χ2v) is 5.96. The summed E-state index contributed by atoms with van der Waals surface area (Å²) >= 11 is 3.47. The van der Waals surface area contributed by atoms with Crippen molar-refractivity contribution in [2.24, 2.45) is 0 Å². The average Bonchev–Trinajstić information content (AvgIpc) is 2.29. The molecule has 2 nitrogen and oxygen atoms in total. The lowest BCUT2D eigenvalue weighted by Gasteiger charge is -2.32.